The van der Waals surface area contributed by atoms with E-state index in [-0.39, 0.29) is 11.7 Å². The summed E-state index contributed by atoms with van der Waals surface area (Å²) in [5.74, 6) is 0. The van der Waals surface area contributed by atoms with E-state index in [2.05, 4.69) is 26.3 Å². The summed E-state index contributed by atoms with van der Waals surface area (Å²) in [6.07, 6.45) is 1.97. The lowest BCUT2D eigenvalue weighted by molar-refractivity contribution is -0.385. The first-order valence-corrected chi connectivity index (χ1v) is 6.88. The van der Waals surface area contributed by atoms with Crippen LogP contribution in [0, 0.1) is 17.0 Å². The molecule has 0 fully saturated rings. The Morgan fingerprint density at radius 1 is 1.50 bits per heavy atom. The maximum Gasteiger partial charge on any atom is 0.283 e. The minimum atomic E-state index is -0.414. The van der Waals surface area contributed by atoms with Crippen LogP contribution in [-0.4, -0.2) is 14.7 Å². The van der Waals surface area contributed by atoms with Crippen molar-refractivity contribution in [1.82, 2.24) is 9.78 Å². The maximum absolute atomic E-state index is 10.8. The average molecular weight is 339 g/mol. The van der Waals surface area contributed by atoms with Crippen LogP contribution in [0.15, 0.2) is 28.9 Å². The first kappa shape index (κ1) is 14.5. The molecule has 0 aliphatic carbocycles. The van der Waals surface area contributed by atoms with Crippen molar-refractivity contribution in [3.63, 3.8) is 0 Å². The van der Waals surface area contributed by atoms with Gasteiger partial charge in [-0.15, -0.1) is 0 Å². The highest BCUT2D eigenvalue weighted by Gasteiger charge is 2.15. The van der Waals surface area contributed by atoms with Crippen LogP contribution in [0.25, 0.3) is 0 Å². The van der Waals surface area contributed by atoms with Crippen molar-refractivity contribution in [3.05, 3.63) is 50.2 Å². The number of nitro groups is 1. The second-order valence-corrected chi connectivity index (χ2v) is 5.49. The average Bonchev–Trinajstić information content (AvgIpc) is 2.68. The van der Waals surface area contributed by atoms with E-state index in [9.17, 15) is 10.1 Å². The molecule has 0 amide bonds. The Morgan fingerprint density at radius 3 is 2.70 bits per heavy atom. The molecule has 0 bridgehead atoms. The second-order valence-electron chi connectivity index (χ2n) is 4.63. The van der Waals surface area contributed by atoms with E-state index < -0.39 is 4.92 Å². The molecule has 0 aliphatic heterocycles. The smallest absolute Gasteiger partial charge is 0.283 e. The summed E-state index contributed by atoms with van der Waals surface area (Å²) in [6, 6.07) is 4.96. The Bertz CT molecular complexity index is 654. The molecule has 1 aromatic carbocycles. The molecule has 20 heavy (non-hydrogen) atoms. The maximum atomic E-state index is 10.8. The zero-order valence-electron chi connectivity index (χ0n) is 11.4. The number of hydrogen-bond donors (Lipinski definition) is 1. The number of nitrogens with zero attached hydrogens (tertiary/aromatic N) is 3. The van der Waals surface area contributed by atoms with Crippen molar-refractivity contribution in [2.45, 2.75) is 19.9 Å². The number of halogens is 1. The number of aryl methyl sites for hydroxylation is 2. The van der Waals surface area contributed by atoms with Gasteiger partial charge in [-0.2, -0.15) is 5.10 Å². The molecule has 1 heterocycles. The summed E-state index contributed by atoms with van der Waals surface area (Å²) in [7, 11) is 1.88. The predicted molar refractivity (Wildman–Crippen MR) is 80.8 cm³/mol. The van der Waals surface area contributed by atoms with Crippen LogP contribution < -0.4 is 5.32 Å². The molecule has 0 radical (unpaired) electrons. The van der Waals surface area contributed by atoms with Gasteiger partial charge in [0.05, 0.1) is 21.1 Å². The van der Waals surface area contributed by atoms with E-state index in [0.717, 1.165) is 16.9 Å². The molecule has 106 valence electrons. The summed E-state index contributed by atoms with van der Waals surface area (Å²) in [4.78, 5) is 10.4. The number of rotatable bonds is 4. The van der Waals surface area contributed by atoms with Crippen LogP contribution in [0.5, 0.6) is 0 Å². The second kappa shape index (κ2) is 5.62. The van der Waals surface area contributed by atoms with Crippen molar-refractivity contribution in [1.29, 1.82) is 0 Å². The van der Waals surface area contributed by atoms with Crippen LogP contribution in [0.2, 0.25) is 0 Å². The molecule has 0 spiro atoms. The van der Waals surface area contributed by atoms with E-state index in [4.69, 9.17) is 0 Å². The number of nitro benzene ring substituents is 1. The topological polar surface area (TPSA) is 73.0 Å². The summed E-state index contributed by atoms with van der Waals surface area (Å²) in [5, 5.41) is 18.4. The number of hydrogen-bond acceptors (Lipinski definition) is 4. The molecule has 1 N–H and O–H groups in total. The van der Waals surface area contributed by atoms with Gasteiger partial charge in [0.25, 0.3) is 5.69 Å². The van der Waals surface area contributed by atoms with Crippen LogP contribution in [-0.2, 0) is 7.05 Å². The number of nitrogens with one attached hydrogen (secondary N) is 1. The third-order valence-corrected chi connectivity index (χ3v) is 3.68. The van der Waals surface area contributed by atoms with Crippen molar-refractivity contribution in [2.24, 2.45) is 7.05 Å². The largest absolute Gasteiger partial charge is 0.378 e. The van der Waals surface area contributed by atoms with Crippen LogP contribution in [0.3, 0.4) is 0 Å². The van der Waals surface area contributed by atoms with Gasteiger partial charge in [0.2, 0.25) is 0 Å². The molecule has 0 aliphatic rings. The molecular weight excluding hydrogens is 324 g/mol. The normalized spacial score (nSPS) is 12.2. The van der Waals surface area contributed by atoms with Gasteiger partial charge in [-0.3, -0.25) is 14.8 Å². The fourth-order valence-electron chi connectivity index (χ4n) is 2.12. The quantitative estimate of drug-likeness (QED) is 0.683. The first-order valence-electron chi connectivity index (χ1n) is 6.09. The van der Waals surface area contributed by atoms with Gasteiger partial charge < -0.3 is 5.32 Å². The number of benzene rings is 1. The lowest BCUT2D eigenvalue weighted by Crippen LogP contribution is -2.07. The van der Waals surface area contributed by atoms with Crippen LogP contribution in [0.4, 0.5) is 11.4 Å². The third-order valence-electron chi connectivity index (χ3n) is 3.05. The first-order chi connectivity index (χ1) is 9.38. The summed E-state index contributed by atoms with van der Waals surface area (Å²) in [5.41, 5.74) is 2.94. The van der Waals surface area contributed by atoms with Gasteiger partial charge in [0.1, 0.15) is 0 Å². The lowest BCUT2D eigenvalue weighted by atomic mass is 10.1. The van der Waals surface area contributed by atoms with Crippen molar-refractivity contribution in [2.75, 3.05) is 5.32 Å². The van der Waals surface area contributed by atoms with Gasteiger partial charge in [0, 0.05) is 30.6 Å². The minimum absolute atomic E-state index is 0.0563. The summed E-state index contributed by atoms with van der Waals surface area (Å²) in [6.45, 7) is 3.98. The highest BCUT2D eigenvalue weighted by molar-refractivity contribution is 9.10. The van der Waals surface area contributed by atoms with Crippen molar-refractivity contribution < 1.29 is 4.92 Å². The van der Waals surface area contributed by atoms with Crippen LogP contribution in [0.1, 0.15) is 24.2 Å². The Morgan fingerprint density at radius 2 is 2.20 bits per heavy atom. The Hall–Kier alpha value is -1.89. The molecule has 1 aromatic heterocycles. The Balaban J connectivity index is 2.20. The Kier molecular flexibility index (Phi) is 4.08. The van der Waals surface area contributed by atoms with E-state index in [0.29, 0.717) is 4.47 Å². The van der Waals surface area contributed by atoms with Crippen molar-refractivity contribution >= 4 is 27.3 Å². The molecule has 1 atom stereocenters. The van der Waals surface area contributed by atoms with Crippen LogP contribution >= 0.6 is 15.9 Å². The SMILES string of the molecule is Cc1nn(C)cc1C(C)Nc1ccc([N+](=O)[O-])c(Br)c1. The minimum Gasteiger partial charge on any atom is -0.378 e. The molecular formula is C13H15BrN4O2. The van der Waals surface area contributed by atoms with E-state index in [1.807, 2.05) is 27.1 Å². The molecule has 2 aromatic rings. The number of aromatic nitrogens is 2. The molecule has 6 nitrogen and oxygen atoms in total. The lowest BCUT2D eigenvalue weighted by Gasteiger charge is -2.14. The highest BCUT2D eigenvalue weighted by atomic mass is 79.9. The highest BCUT2D eigenvalue weighted by Crippen LogP contribution is 2.29. The van der Waals surface area contributed by atoms with E-state index in [1.165, 1.54) is 6.07 Å². The zero-order valence-corrected chi connectivity index (χ0v) is 13.0. The Labute approximate surface area is 125 Å². The van der Waals surface area contributed by atoms with Gasteiger partial charge in [0.15, 0.2) is 0 Å². The molecule has 0 saturated heterocycles. The van der Waals surface area contributed by atoms with Gasteiger partial charge in [-0.25, -0.2) is 0 Å². The monoisotopic (exact) mass is 338 g/mol. The molecule has 1 unspecified atom stereocenters. The third kappa shape index (κ3) is 2.98. The zero-order chi connectivity index (χ0) is 14.9. The van der Waals surface area contributed by atoms with Crippen molar-refractivity contribution in [3.8, 4) is 0 Å². The van der Waals surface area contributed by atoms with Gasteiger partial charge in [-0.1, -0.05) is 0 Å². The van der Waals surface area contributed by atoms with Gasteiger partial charge >= 0.3 is 0 Å². The standard InChI is InChI=1S/C13H15BrN4O2/c1-8(11-7-17(3)16-9(11)2)15-10-4-5-13(18(19)20)12(14)6-10/h4-8,15H,1-3H3. The fourth-order valence-corrected chi connectivity index (χ4v) is 2.64. The summed E-state index contributed by atoms with van der Waals surface area (Å²) >= 11 is 3.21. The van der Waals surface area contributed by atoms with E-state index in [1.54, 1.807) is 16.8 Å². The number of anilines is 1. The van der Waals surface area contributed by atoms with E-state index >= 15 is 0 Å². The fraction of sp³-hybridized carbons (Fsp3) is 0.308. The summed E-state index contributed by atoms with van der Waals surface area (Å²) < 4.78 is 2.23. The predicted octanol–water partition coefficient (Wildman–Crippen LogP) is 3.57. The molecule has 0 saturated carbocycles. The molecule has 7 heteroatoms. The van der Waals surface area contributed by atoms with Gasteiger partial charge in [-0.05, 0) is 41.9 Å². The molecule has 2 rings (SSSR count).